The van der Waals surface area contributed by atoms with E-state index >= 15 is 0 Å². The maximum atomic E-state index is 4.16. The van der Waals surface area contributed by atoms with Crippen molar-refractivity contribution >= 4 is 11.8 Å². The summed E-state index contributed by atoms with van der Waals surface area (Å²) in [5.41, 5.74) is 0. The van der Waals surface area contributed by atoms with Gasteiger partial charge in [0.15, 0.2) is 0 Å². The van der Waals surface area contributed by atoms with Crippen LogP contribution >= 0.6 is 11.8 Å². The van der Waals surface area contributed by atoms with Crippen LogP contribution in [-0.4, -0.2) is 39.0 Å². The lowest BCUT2D eigenvalue weighted by atomic mass is 10.2. The number of aromatic nitrogens is 4. The molecule has 5 nitrogen and oxygen atoms in total. The van der Waals surface area contributed by atoms with Crippen molar-refractivity contribution < 1.29 is 0 Å². The highest BCUT2D eigenvalue weighted by Gasteiger charge is 2.21. The Morgan fingerprint density at radius 2 is 2.22 bits per heavy atom. The van der Waals surface area contributed by atoms with Gasteiger partial charge in [-0.3, -0.25) is 0 Å². The number of rotatable bonds is 7. The Labute approximate surface area is 113 Å². The normalized spacial score (nSPS) is 18.3. The van der Waals surface area contributed by atoms with Crippen LogP contribution in [0.1, 0.15) is 45.6 Å². The summed E-state index contributed by atoms with van der Waals surface area (Å²) in [5.74, 6) is 1.71. The van der Waals surface area contributed by atoms with E-state index in [0.29, 0.717) is 12.0 Å². The highest BCUT2D eigenvalue weighted by atomic mass is 32.2. The Morgan fingerprint density at radius 3 is 2.94 bits per heavy atom. The zero-order valence-electron chi connectivity index (χ0n) is 11.3. The summed E-state index contributed by atoms with van der Waals surface area (Å²) in [4.78, 5) is 0. The van der Waals surface area contributed by atoms with Gasteiger partial charge in [-0.2, -0.15) is 0 Å². The minimum atomic E-state index is 0.534. The van der Waals surface area contributed by atoms with E-state index in [4.69, 9.17) is 0 Å². The van der Waals surface area contributed by atoms with Crippen molar-refractivity contribution in [1.82, 2.24) is 25.5 Å². The molecule has 2 rings (SSSR count). The quantitative estimate of drug-likeness (QED) is 0.768. The van der Waals surface area contributed by atoms with Gasteiger partial charge in [0.1, 0.15) is 0 Å². The van der Waals surface area contributed by atoms with Crippen LogP contribution < -0.4 is 5.32 Å². The standard InChI is InChI=1S/C12H23N5S/c1-3-13-8-10(2)9-18-12-14-15-16-17(12)11-6-4-5-7-11/h10-11,13H,3-9H2,1-2H3. The fraction of sp³-hybridized carbons (Fsp3) is 0.917. The van der Waals surface area contributed by atoms with Gasteiger partial charge in [-0.1, -0.05) is 38.5 Å². The molecule has 0 aliphatic heterocycles. The van der Waals surface area contributed by atoms with E-state index < -0.39 is 0 Å². The summed E-state index contributed by atoms with van der Waals surface area (Å²) in [5, 5.41) is 16.5. The van der Waals surface area contributed by atoms with Gasteiger partial charge in [-0.25, -0.2) is 4.68 Å². The molecule has 1 saturated carbocycles. The zero-order chi connectivity index (χ0) is 12.8. The molecule has 0 saturated heterocycles. The molecule has 1 heterocycles. The summed E-state index contributed by atoms with van der Waals surface area (Å²) < 4.78 is 2.04. The summed E-state index contributed by atoms with van der Waals surface area (Å²) >= 11 is 1.79. The Balaban J connectivity index is 1.83. The highest BCUT2D eigenvalue weighted by molar-refractivity contribution is 7.99. The predicted octanol–water partition coefficient (Wildman–Crippen LogP) is 2.13. The van der Waals surface area contributed by atoms with Crippen molar-refractivity contribution in [3.63, 3.8) is 0 Å². The van der Waals surface area contributed by atoms with Gasteiger partial charge < -0.3 is 5.32 Å². The van der Waals surface area contributed by atoms with E-state index in [9.17, 15) is 0 Å². The number of hydrogen-bond donors (Lipinski definition) is 1. The average molecular weight is 269 g/mol. The van der Waals surface area contributed by atoms with Crippen LogP contribution in [0.15, 0.2) is 5.16 Å². The van der Waals surface area contributed by atoms with Gasteiger partial charge in [0.05, 0.1) is 6.04 Å². The highest BCUT2D eigenvalue weighted by Crippen LogP contribution is 2.31. The van der Waals surface area contributed by atoms with Crippen LogP contribution in [0.5, 0.6) is 0 Å². The van der Waals surface area contributed by atoms with Gasteiger partial charge in [-0.15, -0.1) is 5.10 Å². The topological polar surface area (TPSA) is 55.6 Å². The lowest BCUT2D eigenvalue weighted by molar-refractivity contribution is 0.422. The molecule has 1 fully saturated rings. The van der Waals surface area contributed by atoms with Crippen molar-refractivity contribution in [3.05, 3.63) is 0 Å². The van der Waals surface area contributed by atoms with Crippen LogP contribution in [0.4, 0.5) is 0 Å². The first-order chi connectivity index (χ1) is 8.81. The monoisotopic (exact) mass is 269 g/mol. The Morgan fingerprint density at radius 1 is 1.44 bits per heavy atom. The summed E-state index contributed by atoms with van der Waals surface area (Å²) in [7, 11) is 0. The Bertz CT molecular complexity index is 348. The minimum Gasteiger partial charge on any atom is -0.317 e. The third-order valence-electron chi connectivity index (χ3n) is 3.37. The summed E-state index contributed by atoms with van der Waals surface area (Å²) in [6.45, 7) is 6.50. The summed E-state index contributed by atoms with van der Waals surface area (Å²) in [6, 6.07) is 0.534. The van der Waals surface area contributed by atoms with Crippen LogP contribution in [0.25, 0.3) is 0 Å². The lowest BCUT2D eigenvalue weighted by Gasteiger charge is -2.13. The fourth-order valence-electron chi connectivity index (χ4n) is 2.32. The summed E-state index contributed by atoms with van der Waals surface area (Å²) in [6.07, 6.45) is 5.08. The van der Waals surface area contributed by atoms with E-state index in [1.54, 1.807) is 11.8 Å². The lowest BCUT2D eigenvalue weighted by Crippen LogP contribution is -2.22. The van der Waals surface area contributed by atoms with Crippen LogP contribution in [0.3, 0.4) is 0 Å². The smallest absolute Gasteiger partial charge is 0.209 e. The van der Waals surface area contributed by atoms with Crippen molar-refractivity contribution in [3.8, 4) is 0 Å². The second-order valence-corrected chi connectivity index (χ2v) is 6.06. The molecule has 1 aromatic heterocycles. The first kappa shape index (κ1) is 13.8. The van der Waals surface area contributed by atoms with Gasteiger partial charge >= 0.3 is 0 Å². The van der Waals surface area contributed by atoms with Crippen LogP contribution in [0.2, 0.25) is 0 Å². The van der Waals surface area contributed by atoms with Gasteiger partial charge in [0, 0.05) is 5.75 Å². The minimum absolute atomic E-state index is 0.534. The SMILES string of the molecule is CCNCC(C)CSc1nnnn1C1CCCC1. The van der Waals surface area contributed by atoms with E-state index in [-0.39, 0.29) is 0 Å². The first-order valence-corrected chi connectivity index (χ1v) is 7.91. The van der Waals surface area contributed by atoms with Gasteiger partial charge in [-0.05, 0) is 42.3 Å². The molecule has 102 valence electrons. The molecule has 0 amide bonds. The number of thioether (sulfide) groups is 1. The molecule has 1 N–H and O–H groups in total. The molecular weight excluding hydrogens is 246 g/mol. The largest absolute Gasteiger partial charge is 0.317 e. The van der Waals surface area contributed by atoms with Crippen LogP contribution in [-0.2, 0) is 0 Å². The third kappa shape index (κ3) is 3.68. The molecule has 1 atom stereocenters. The van der Waals surface area contributed by atoms with E-state index in [1.807, 2.05) is 4.68 Å². The third-order valence-corrected chi connectivity index (χ3v) is 4.64. The Hall–Kier alpha value is -0.620. The van der Waals surface area contributed by atoms with Crippen molar-refractivity contribution in [2.75, 3.05) is 18.8 Å². The maximum absolute atomic E-state index is 4.16. The van der Waals surface area contributed by atoms with Gasteiger partial charge in [0.25, 0.3) is 0 Å². The number of nitrogens with zero attached hydrogens (tertiary/aromatic N) is 4. The van der Waals surface area contributed by atoms with Crippen molar-refractivity contribution in [2.45, 2.75) is 50.7 Å². The molecule has 6 heteroatoms. The molecule has 0 aromatic carbocycles. The van der Waals surface area contributed by atoms with E-state index in [1.165, 1.54) is 25.7 Å². The maximum Gasteiger partial charge on any atom is 0.209 e. The molecule has 18 heavy (non-hydrogen) atoms. The van der Waals surface area contributed by atoms with E-state index in [0.717, 1.165) is 24.0 Å². The van der Waals surface area contributed by atoms with Gasteiger partial charge in [0.2, 0.25) is 5.16 Å². The molecule has 0 radical (unpaired) electrons. The molecule has 1 aliphatic carbocycles. The fourth-order valence-corrected chi connectivity index (χ4v) is 3.29. The molecule has 1 unspecified atom stereocenters. The zero-order valence-corrected chi connectivity index (χ0v) is 12.1. The number of tetrazole rings is 1. The first-order valence-electron chi connectivity index (χ1n) is 6.92. The number of hydrogen-bond acceptors (Lipinski definition) is 5. The molecule has 0 spiro atoms. The molecule has 0 bridgehead atoms. The molecule has 1 aromatic rings. The molecular formula is C12H23N5S. The molecule has 1 aliphatic rings. The second kappa shape index (κ2) is 7.09. The van der Waals surface area contributed by atoms with E-state index in [2.05, 4.69) is 34.7 Å². The Kier molecular flexibility index (Phi) is 5.44. The van der Waals surface area contributed by atoms with Crippen LogP contribution in [0, 0.1) is 5.92 Å². The number of nitrogens with one attached hydrogen (secondary N) is 1. The average Bonchev–Trinajstić information content (AvgIpc) is 3.03. The van der Waals surface area contributed by atoms with Crippen molar-refractivity contribution in [1.29, 1.82) is 0 Å². The van der Waals surface area contributed by atoms with Crippen molar-refractivity contribution in [2.24, 2.45) is 5.92 Å². The predicted molar refractivity (Wildman–Crippen MR) is 73.8 cm³/mol. The second-order valence-electron chi connectivity index (χ2n) is 5.07.